The van der Waals surface area contributed by atoms with E-state index in [0.717, 1.165) is 16.9 Å². The number of hydrogen-bond donors (Lipinski definition) is 1. The Kier molecular flexibility index (Phi) is 5.39. The van der Waals surface area contributed by atoms with Gasteiger partial charge in [-0.1, -0.05) is 41.1 Å². The summed E-state index contributed by atoms with van der Waals surface area (Å²) in [5.41, 5.74) is 3.74. The fourth-order valence-electron chi connectivity index (χ4n) is 3.01. The Bertz CT molecular complexity index is 1140. The van der Waals surface area contributed by atoms with Crippen molar-refractivity contribution in [3.8, 4) is 11.4 Å². The summed E-state index contributed by atoms with van der Waals surface area (Å²) in [6.07, 6.45) is 4.43. The molecule has 0 spiro atoms. The molecule has 4 rings (SSSR count). The molecule has 0 unspecified atom stereocenters. The lowest BCUT2D eigenvalue weighted by Crippen LogP contribution is -2.26. The van der Waals surface area contributed by atoms with E-state index < -0.39 is 0 Å². The van der Waals surface area contributed by atoms with Gasteiger partial charge in [0.25, 0.3) is 5.91 Å². The van der Waals surface area contributed by atoms with Gasteiger partial charge in [0.05, 0.1) is 23.3 Å². The molecule has 0 aliphatic heterocycles. The van der Waals surface area contributed by atoms with Gasteiger partial charge in [-0.05, 0) is 49.2 Å². The minimum Gasteiger partial charge on any atom is -0.350 e. The number of rotatable bonds is 6. The summed E-state index contributed by atoms with van der Waals surface area (Å²) in [5, 5.41) is 16.0. The highest BCUT2D eigenvalue weighted by molar-refractivity contribution is 6.30. The van der Waals surface area contributed by atoms with Crippen LogP contribution in [-0.4, -0.2) is 37.2 Å². The second-order valence-electron chi connectivity index (χ2n) is 6.55. The Labute approximate surface area is 172 Å². The van der Waals surface area contributed by atoms with Crippen LogP contribution in [-0.2, 0) is 6.42 Å². The zero-order valence-corrected chi connectivity index (χ0v) is 16.5. The molecule has 146 valence electrons. The Balaban J connectivity index is 1.38. The summed E-state index contributed by atoms with van der Waals surface area (Å²) in [6.45, 7) is 2.28. The lowest BCUT2D eigenvalue weighted by Gasteiger charge is -2.05. The molecule has 2 aromatic heterocycles. The van der Waals surface area contributed by atoms with Crippen molar-refractivity contribution in [1.82, 2.24) is 30.1 Å². The van der Waals surface area contributed by atoms with Crippen molar-refractivity contribution in [3.63, 3.8) is 0 Å². The maximum absolute atomic E-state index is 12.5. The van der Waals surface area contributed by atoms with Gasteiger partial charge in [-0.2, -0.15) is 5.10 Å². The normalized spacial score (nSPS) is 10.8. The van der Waals surface area contributed by atoms with Gasteiger partial charge in [0.1, 0.15) is 0 Å². The van der Waals surface area contributed by atoms with Gasteiger partial charge >= 0.3 is 0 Å². The van der Waals surface area contributed by atoms with E-state index >= 15 is 0 Å². The van der Waals surface area contributed by atoms with Crippen molar-refractivity contribution < 1.29 is 4.79 Å². The summed E-state index contributed by atoms with van der Waals surface area (Å²) in [5.74, 6) is -0.258. The molecule has 0 aliphatic rings. The van der Waals surface area contributed by atoms with Crippen LogP contribution in [0.1, 0.15) is 21.7 Å². The molecule has 2 heterocycles. The predicted molar refractivity (Wildman–Crippen MR) is 111 cm³/mol. The van der Waals surface area contributed by atoms with Crippen LogP contribution in [0, 0.1) is 6.92 Å². The molecule has 1 N–H and O–H groups in total. The molecule has 1 amide bonds. The standard InChI is InChI=1S/C21H19ClN6O/c1-15-20(25-26-28(15)19-9-5-6-17(22)12-19)21(29)23-11-10-16-13-24-27(14-16)18-7-3-2-4-8-18/h2-9,12-14H,10-11H2,1H3,(H,23,29). The van der Waals surface area contributed by atoms with E-state index in [1.54, 1.807) is 29.9 Å². The van der Waals surface area contributed by atoms with Crippen LogP contribution < -0.4 is 5.32 Å². The number of para-hydroxylation sites is 1. The number of carbonyl (C=O) groups excluding carboxylic acids is 1. The fraction of sp³-hybridized carbons (Fsp3) is 0.143. The number of amides is 1. The van der Waals surface area contributed by atoms with Crippen molar-refractivity contribution in [2.75, 3.05) is 6.54 Å². The minimum atomic E-state index is -0.258. The highest BCUT2D eigenvalue weighted by Crippen LogP contribution is 2.16. The first kappa shape index (κ1) is 18.9. The Hall–Kier alpha value is -3.45. The smallest absolute Gasteiger partial charge is 0.273 e. The third-order valence-corrected chi connectivity index (χ3v) is 4.75. The van der Waals surface area contributed by atoms with Crippen molar-refractivity contribution in [3.05, 3.63) is 89.0 Å². The molecule has 0 bridgehead atoms. The molecule has 0 saturated carbocycles. The maximum Gasteiger partial charge on any atom is 0.273 e. The molecule has 0 fully saturated rings. The monoisotopic (exact) mass is 406 g/mol. The molecule has 2 aromatic carbocycles. The molecule has 0 saturated heterocycles. The summed E-state index contributed by atoms with van der Waals surface area (Å²) in [4.78, 5) is 12.5. The molecule has 0 radical (unpaired) electrons. The first-order valence-corrected chi connectivity index (χ1v) is 9.55. The van der Waals surface area contributed by atoms with Gasteiger partial charge in [-0.15, -0.1) is 5.10 Å². The topological polar surface area (TPSA) is 77.6 Å². The summed E-state index contributed by atoms with van der Waals surface area (Å²) < 4.78 is 3.42. The van der Waals surface area contributed by atoms with E-state index in [0.29, 0.717) is 29.4 Å². The van der Waals surface area contributed by atoms with Crippen LogP contribution in [0.25, 0.3) is 11.4 Å². The largest absolute Gasteiger partial charge is 0.350 e. The second kappa shape index (κ2) is 8.28. The van der Waals surface area contributed by atoms with E-state index in [2.05, 4.69) is 20.7 Å². The molecule has 29 heavy (non-hydrogen) atoms. The van der Waals surface area contributed by atoms with Crippen LogP contribution in [0.4, 0.5) is 0 Å². The molecular formula is C21H19ClN6O. The summed E-state index contributed by atoms with van der Waals surface area (Å²) in [6, 6.07) is 17.1. The minimum absolute atomic E-state index is 0.258. The highest BCUT2D eigenvalue weighted by Gasteiger charge is 2.17. The average molecular weight is 407 g/mol. The predicted octanol–water partition coefficient (Wildman–Crippen LogP) is 3.39. The summed E-state index contributed by atoms with van der Waals surface area (Å²) in [7, 11) is 0. The zero-order valence-electron chi connectivity index (χ0n) is 15.8. The van der Waals surface area contributed by atoms with Gasteiger partial charge in [-0.25, -0.2) is 9.36 Å². The third-order valence-electron chi connectivity index (χ3n) is 4.52. The number of halogens is 1. The van der Waals surface area contributed by atoms with Crippen LogP contribution >= 0.6 is 11.6 Å². The average Bonchev–Trinajstić information content (AvgIpc) is 3.35. The Morgan fingerprint density at radius 3 is 2.69 bits per heavy atom. The lowest BCUT2D eigenvalue weighted by molar-refractivity contribution is 0.0948. The molecule has 8 heteroatoms. The number of nitrogens with zero attached hydrogens (tertiary/aromatic N) is 5. The molecule has 7 nitrogen and oxygen atoms in total. The Morgan fingerprint density at radius 1 is 1.10 bits per heavy atom. The number of hydrogen-bond acceptors (Lipinski definition) is 4. The van der Waals surface area contributed by atoms with E-state index in [1.165, 1.54) is 0 Å². The van der Waals surface area contributed by atoms with Crippen molar-refractivity contribution in [2.24, 2.45) is 0 Å². The van der Waals surface area contributed by atoms with Crippen LogP contribution in [0.15, 0.2) is 67.0 Å². The van der Waals surface area contributed by atoms with E-state index in [1.807, 2.05) is 53.3 Å². The third kappa shape index (κ3) is 4.20. The lowest BCUT2D eigenvalue weighted by atomic mass is 10.2. The first-order valence-electron chi connectivity index (χ1n) is 9.17. The SMILES string of the molecule is Cc1c(C(=O)NCCc2cnn(-c3ccccc3)c2)nnn1-c1cccc(Cl)c1. The van der Waals surface area contributed by atoms with Crippen molar-refractivity contribution >= 4 is 17.5 Å². The van der Waals surface area contributed by atoms with Crippen molar-refractivity contribution in [2.45, 2.75) is 13.3 Å². The van der Waals surface area contributed by atoms with Crippen LogP contribution in [0.3, 0.4) is 0 Å². The van der Waals surface area contributed by atoms with Crippen molar-refractivity contribution in [1.29, 1.82) is 0 Å². The van der Waals surface area contributed by atoms with E-state index in [9.17, 15) is 4.79 Å². The van der Waals surface area contributed by atoms with Gasteiger partial charge in [0, 0.05) is 17.8 Å². The molecule has 0 atom stereocenters. The van der Waals surface area contributed by atoms with E-state index in [4.69, 9.17) is 11.6 Å². The van der Waals surface area contributed by atoms with Gasteiger partial charge in [0.15, 0.2) is 5.69 Å². The second-order valence-corrected chi connectivity index (χ2v) is 6.99. The zero-order chi connectivity index (χ0) is 20.2. The highest BCUT2D eigenvalue weighted by atomic mass is 35.5. The number of carbonyl (C=O) groups is 1. The summed E-state index contributed by atoms with van der Waals surface area (Å²) >= 11 is 6.04. The number of nitrogens with one attached hydrogen (secondary N) is 1. The quantitative estimate of drug-likeness (QED) is 0.532. The molecule has 0 aliphatic carbocycles. The molecular weight excluding hydrogens is 388 g/mol. The first-order chi connectivity index (χ1) is 14.1. The fourth-order valence-corrected chi connectivity index (χ4v) is 3.19. The van der Waals surface area contributed by atoms with Crippen LogP contribution in [0.2, 0.25) is 5.02 Å². The van der Waals surface area contributed by atoms with Gasteiger partial charge in [-0.3, -0.25) is 4.79 Å². The van der Waals surface area contributed by atoms with E-state index in [-0.39, 0.29) is 5.91 Å². The van der Waals surface area contributed by atoms with Crippen LogP contribution in [0.5, 0.6) is 0 Å². The van der Waals surface area contributed by atoms with Gasteiger partial charge in [0.2, 0.25) is 0 Å². The number of aromatic nitrogens is 5. The number of benzene rings is 2. The maximum atomic E-state index is 12.5. The Morgan fingerprint density at radius 2 is 1.90 bits per heavy atom. The van der Waals surface area contributed by atoms with Gasteiger partial charge < -0.3 is 5.32 Å². The molecule has 4 aromatic rings.